The summed E-state index contributed by atoms with van der Waals surface area (Å²) in [6.07, 6.45) is 1.97. The van der Waals surface area contributed by atoms with Gasteiger partial charge in [0.05, 0.1) is 39.1 Å². The van der Waals surface area contributed by atoms with Gasteiger partial charge in [-0.1, -0.05) is 97.1 Å². The Kier molecular flexibility index (Phi) is 8.63. The Bertz CT molecular complexity index is 2750. The molecular formula is C49H40N6. The van der Waals surface area contributed by atoms with Crippen molar-refractivity contribution in [3.63, 3.8) is 0 Å². The minimum absolute atomic E-state index is 0.799. The molecule has 0 N–H and O–H groups in total. The second-order valence-electron chi connectivity index (χ2n) is 14.0. The van der Waals surface area contributed by atoms with Gasteiger partial charge in [-0.2, -0.15) is 0 Å². The predicted octanol–water partition coefficient (Wildman–Crippen LogP) is 12.1. The zero-order chi connectivity index (χ0) is 37.5. The number of anilines is 2. The Morgan fingerprint density at radius 3 is 1.49 bits per heavy atom. The molecule has 0 spiro atoms. The number of aryl methyl sites for hydroxylation is 3. The maximum atomic E-state index is 5.29. The molecule has 6 nitrogen and oxygen atoms in total. The van der Waals surface area contributed by atoms with Crippen LogP contribution in [0, 0.1) is 20.8 Å². The second-order valence-corrected chi connectivity index (χ2v) is 14.0. The average Bonchev–Trinajstić information content (AvgIpc) is 3.80. The summed E-state index contributed by atoms with van der Waals surface area (Å²) in [4.78, 5) is 18.0. The van der Waals surface area contributed by atoms with Gasteiger partial charge in [0.2, 0.25) is 0 Å². The molecule has 0 amide bonds. The molecule has 0 unspecified atom stereocenters. The fourth-order valence-corrected chi connectivity index (χ4v) is 7.62. The van der Waals surface area contributed by atoms with Crippen LogP contribution in [0.25, 0.3) is 56.2 Å². The van der Waals surface area contributed by atoms with Gasteiger partial charge >= 0.3 is 0 Å². The van der Waals surface area contributed by atoms with Crippen LogP contribution in [-0.2, 0) is 0 Å². The van der Waals surface area contributed by atoms with Crippen LogP contribution >= 0.6 is 0 Å². The van der Waals surface area contributed by atoms with Crippen molar-refractivity contribution in [3.8, 4) is 34.2 Å². The molecule has 0 atom stereocenters. The summed E-state index contributed by atoms with van der Waals surface area (Å²) in [5, 5.41) is 0. The molecule has 0 bridgehead atoms. The first-order chi connectivity index (χ1) is 26.9. The molecule has 6 heteroatoms. The van der Waals surface area contributed by atoms with Crippen molar-refractivity contribution in [3.05, 3.63) is 186 Å². The topological polar surface area (TPSA) is 51.2 Å². The van der Waals surface area contributed by atoms with Crippen LogP contribution in [0.2, 0.25) is 0 Å². The van der Waals surface area contributed by atoms with Crippen molar-refractivity contribution in [2.24, 2.45) is 4.99 Å². The van der Waals surface area contributed by atoms with Crippen molar-refractivity contribution in [2.75, 3.05) is 11.9 Å². The molecular weight excluding hydrogens is 673 g/mol. The molecule has 0 saturated carbocycles. The van der Waals surface area contributed by atoms with E-state index in [1.807, 2.05) is 18.3 Å². The Hall–Kier alpha value is -7.05. The minimum Gasteiger partial charge on any atom is -0.344 e. The van der Waals surface area contributed by atoms with E-state index in [-0.39, 0.29) is 0 Å². The fourth-order valence-electron chi connectivity index (χ4n) is 7.62. The van der Waals surface area contributed by atoms with E-state index in [9.17, 15) is 0 Å². The summed E-state index contributed by atoms with van der Waals surface area (Å²) in [5.41, 5.74) is 15.6. The number of benzene rings is 7. The molecule has 2 heterocycles. The summed E-state index contributed by atoms with van der Waals surface area (Å²) in [6, 6.07) is 57.0. The first kappa shape index (κ1) is 33.8. The molecule has 0 aliphatic carbocycles. The van der Waals surface area contributed by atoms with E-state index < -0.39 is 0 Å². The molecule has 0 fully saturated rings. The lowest BCUT2D eigenvalue weighted by atomic mass is 10.1. The summed E-state index contributed by atoms with van der Waals surface area (Å²) in [7, 11) is 2.11. The van der Waals surface area contributed by atoms with Gasteiger partial charge in [0.25, 0.3) is 0 Å². The van der Waals surface area contributed by atoms with E-state index in [0.717, 1.165) is 90.0 Å². The first-order valence-corrected chi connectivity index (χ1v) is 18.6. The van der Waals surface area contributed by atoms with E-state index in [1.54, 1.807) is 0 Å². The summed E-state index contributed by atoms with van der Waals surface area (Å²) < 4.78 is 4.54. The van der Waals surface area contributed by atoms with Gasteiger partial charge in [0, 0.05) is 41.3 Å². The third-order valence-electron chi connectivity index (χ3n) is 10.4. The largest absolute Gasteiger partial charge is 0.344 e. The van der Waals surface area contributed by atoms with E-state index in [4.69, 9.17) is 15.0 Å². The standard InChI is InChI=1S/C49H40N6/c1-33-17-5-11-23-42(33)53(4)45-26-14-8-20-36(45)32-50-39-30-37(48-51-40-21-9-15-27-46(40)54(48)43-24-12-6-18-34(43)2)29-38(31-39)49-52-41-22-10-16-28-47(41)55(49)44-25-13-7-19-35(44)3/h5-32H,1-4H3/b50-32+. The predicted molar refractivity (Wildman–Crippen MR) is 229 cm³/mol. The normalized spacial score (nSPS) is 11.6. The van der Waals surface area contributed by atoms with Crippen molar-refractivity contribution >= 4 is 45.3 Å². The zero-order valence-electron chi connectivity index (χ0n) is 31.3. The summed E-state index contributed by atoms with van der Waals surface area (Å²) in [6.45, 7) is 6.44. The number of aromatic nitrogens is 4. The average molecular weight is 713 g/mol. The molecule has 9 aromatic rings. The van der Waals surface area contributed by atoms with E-state index >= 15 is 0 Å². The second kappa shape index (κ2) is 14.1. The Labute approximate surface area is 321 Å². The van der Waals surface area contributed by atoms with Crippen LogP contribution < -0.4 is 4.90 Å². The Morgan fingerprint density at radius 2 is 0.945 bits per heavy atom. The number of hydrogen-bond acceptors (Lipinski definition) is 4. The maximum absolute atomic E-state index is 5.29. The lowest BCUT2D eigenvalue weighted by molar-refractivity contribution is 1.07. The van der Waals surface area contributed by atoms with Crippen LogP contribution in [-0.4, -0.2) is 32.4 Å². The van der Waals surface area contributed by atoms with Gasteiger partial charge in [-0.05, 0) is 104 Å². The van der Waals surface area contributed by atoms with E-state index in [1.165, 1.54) is 5.56 Å². The summed E-state index contributed by atoms with van der Waals surface area (Å²) in [5.74, 6) is 1.68. The van der Waals surface area contributed by atoms with Crippen molar-refractivity contribution in [1.82, 2.24) is 19.1 Å². The van der Waals surface area contributed by atoms with Crippen molar-refractivity contribution < 1.29 is 0 Å². The number of imidazole rings is 2. The fraction of sp³-hybridized carbons (Fsp3) is 0.0816. The first-order valence-electron chi connectivity index (χ1n) is 18.6. The van der Waals surface area contributed by atoms with Crippen molar-refractivity contribution in [1.29, 1.82) is 0 Å². The highest BCUT2D eigenvalue weighted by molar-refractivity contribution is 5.93. The van der Waals surface area contributed by atoms with Gasteiger partial charge in [-0.25, -0.2) is 9.97 Å². The molecule has 2 aromatic heterocycles. The van der Waals surface area contributed by atoms with Gasteiger partial charge in [0.15, 0.2) is 0 Å². The Morgan fingerprint density at radius 1 is 0.491 bits per heavy atom. The molecule has 0 aliphatic heterocycles. The van der Waals surface area contributed by atoms with Crippen LogP contribution in [0.1, 0.15) is 22.3 Å². The van der Waals surface area contributed by atoms with Crippen molar-refractivity contribution in [2.45, 2.75) is 20.8 Å². The summed E-state index contributed by atoms with van der Waals surface area (Å²) >= 11 is 0. The minimum atomic E-state index is 0.799. The van der Waals surface area contributed by atoms with Crippen LogP contribution in [0.4, 0.5) is 17.1 Å². The highest BCUT2D eigenvalue weighted by Crippen LogP contribution is 2.38. The van der Waals surface area contributed by atoms with E-state index in [0.29, 0.717) is 0 Å². The van der Waals surface area contributed by atoms with Gasteiger partial charge in [-0.3, -0.25) is 14.1 Å². The highest BCUT2D eigenvalue weighted by Gasteiger charge is 2.21. The van der Waals surface area contributed by atoms with Gasteiger partial charge in [-0.15, -0.1) is 0 Å². The lowest BCUT2D eigenvalue weighted by Gasteiger charge is -2.23. The molecule has 55 heavy (non-hydrogen) atoms. The molecule has 266 valence electrons. The van der Waals surface area contributed by atoms with E-state index in [2.05, 4.69) is 194 Å². The Balaban J connectivity index is 1.28. The number of para-hydroxylation sites is 8. The molecule has 0 aliphatic rings. The quantitative estimate of drug-likeness (QED) is 0.147. The third-order valence-corrected chi connectivity index (χ3v) is 10.4. The lowest BCUT2D eigenvalue weighted by Crippen LogP contribution is -2.12. The number of rotatable bonds is 8. The number of fused-ring (bicyclic) bond motifs is 2. The third kappa shape index (κ3) is 6.17. The van der Waals surface area contributed by atoms with Crippen LogP contribution in [0.5, 0.6) is 0 Å². The highest BCUT2D eigenvalue weighted by atomic mass is 15.1. The van der Waals surface area contributed by atoms with Crippen LogP contribution in [0.15, 0.2) is 169 Å². The number of aliphatic imine (C=N–C) groups is 1. The molecule has 7 aromatic carbocycles. The molecule has 0 radical (unpaired) electrons. The smallest absolute Gasteiger partial charge is 0.145 e. The van der Waals surface area contributed by atoms with Gasteiger partial charge < -0.3 is 4.90 Å². The number of nitrogens with zero attached hydrogens (tertiary/aromatic N) is 6. The molecule has 0 saturated heterocycles. The van der Waals surface area contributed by atoms with Gasteiger partial charge in [0.1, 0.15) is 11.6 Å². The molecule has 9 rings (SSSR count). The maximum Gasteiger partial charge on any atom is 0.145 e. The number of hydrogen-bond donors (Lipinski definition) is 0. The SMILES string of the molecule is Cc1ccccc1N(C)c1ccccc1/C=N/c1cc(-c2nc3ccccc3n2-c2ccccc2C)cc(-c2nc3ccccc3n2-c2ccccc2C)c1. The monoisotopic (exact) mass is 712 g/mol. The van der Waals surface area contributed by atoms with Crippen LogP contribution in [0.3, 0.4) is 0 Å². The zero-order valence-corrected chi connectivity index (χ0v) is 31.3.